The molecule has 35 heavy (non-hydrogen) atoms. The van der Waals surface area contributed by atoms with Gasteiger partial charge in [0.25, 0.3) is 0 Å². The fourth-order valence-electron chi connectivity index (χ4n) is 3.04. The zero-order chi connectivity index (χ0) is 27.0. The number of carbonyl (C=O) groups excluding carboxylic acids is 3. The Morgan fingerprint density at radius 1 is 0.543 bits per heavy atom. The van der Waals surface area contributed by atoms with E-state index in [1.54, 1.807) is 62.3 Å². The van der Waals surface area contributed by atoms with Gasteiger partial charge in [-0.3, -0.25) is 0 Å². The first kappa shape index (κ1) is 30.1. The van der Waals surface area contributed by atoms with E-state index in [9.17, 15) is 19.6 Å². The predicted molar refractivity (Wildman–Crippen MR) is 131 cm³/mol. The van der Waals surface area contributed by atoms with Crippen LogP contribution in [0.5, 0.6) is 0 Å². The minimum atomic E-state index is -0.705. The largest absolute Gasteiger partial charge is 0.444 e. The fraction of sp³-hybridized carbons (Fsp3) is 0.833. The summed E-state index contributed by atoms with van der Waals surface area (Å²) >= 11 is 0. The third-order valence-electron chi connectivity index (χ3n) is 4.66. The van der Waals surface area contributed by atoms with Crippen LogP contribution in [0.4, 0.5) is 14.4 Å². The second-order valence-corrected chi connectivity index (χ2v) is 11.5. The molecule has 0 saturated carbocycles. The SMILES string of the molecule is CC(C)(C)OC(=O)N1CCN(C#N)CCN(C(=O)OC(C)(C)C)CCN(C(=O)OC(C)(C)C)CC1. The molecule has 0 unspecified atom stereocenters. The van der Waals surface area contributed by atoms with E-state index in [0.717, 1.165) is 0 Å². The van der Waals surface area contributed by atoms with Crippen LogP contribution in [0.1, 0.15) is 62.3 Å². The van der Waals surface area contributed by atoms with E-state index in [1.165, 1.54) is 19.6 Å². The highest BCUT2D eigenvalue weighted by Crippen LogP contribution is 2.14. The normalized spacial score (nSPS) is 17.0. The van der Waals surface area contributed by atoms with Gasteiger partial charge in [-0.2, -0.15) is 5.26 Å². The summed E-state index contributed by atoms with van der Waals surface area (Å²) in [6, 6.07) is 0. The lowest BCUT2D eigenvalue weighted by molar-refractivity contribution is 0.00594. The van der Waals surface area contributed by atoms with Gasteiger partial charge in [0.1, 0.15) is 16.8 Å². The van der Waals surface area contributed by atoms with Crippen molar-refractivity contribution in [3.05, 3.63) is 0 Å². The molecule has 0 aromatic rings. The van der Waals surface area contributed by atoms with Crippen molar-refractivity contribution in [1.29, 1.82) is 5.26 Å². The molecule has 1 saturated heterocycles. The molecule has 0 N–H and O–H groups in total. The second kappa shape index (κ2) is 12.2. The molecule has 1 heterocycles. The van der Waals surface area contributed by atoms with Crippen LogP contribution in [-0.2, 0) is 14.2 Å². The highest BCUT2D eigenvalue weighted by Gasteiger charge is 2.29. The van der Waals surface area contributed by atoms with Crippen LogP contribution in [0, 0.1) is 11.5 Å². The number of ether oxygens (including phenoxy) is 3. The fourth-order valence-corrected chi connectivity index (χ4v) is 3.04. The molecule has 3 amide bonds. The van der Waals surface area contributed by atoms with E-state index < -0.39 is 35.1 Å². The molecule has 11 heteroatoms. The summed E-state index contributed by atoms with van der Waals surface area (Å²) < 4.78 is 16.6. The van der Waals surface area contributed by atoms with E-state index in [-0.39, 0.29) is 52.4 Å². The highest BCUT2D eigenvalue weighted by atomic mass is 16.6. The lowest BCUT2D eigenvalue weighted by Crippen LogP contribution is -2.50. The second-order valence-electron chi connectivity index (χ2n) is 11.5. The van der Waals surface area contributed by atoms with E-state index in [0.29, 0.717) is 0 Å². The van der Waals surface area contributed by atoms with Gasteiger partial charge in [-0.1, -0.05) is 0 Å². The van der Waals surface area contributed by atoms with Crippen LogP contribution in [0.3, 0.4) is 0 Å². The Hall–Kier alpha value is -2.90. The Balaban J connectivity index is 3.17. The maximum absolute atomic E-state index is 12.9. The number of amides is 3. The minimum Gasteiger partial charge on any atom is -0.444 e. The first-order valence-electron chi connectivity index (χ1n) is 12.0. The summed E-state index contributed by atoms with van der Waals surface area (Å²) in [4.78, 5) is 44.5. The number of rotatable bonds is 0. The molecule has 0 radical (unpaired) electrons. The third-order valence-corrected chi connectivity index (χ3v) is 4.66. The van der Waals surface area contributed by atoms with Crippen molar-refractivity contribution in [2.45, 2.75) is 79.1 Å². The topological polar surface area (TPSA) is 116 Å². The minimum absolute atomic E-state index is 0.170. The average molecular weight is 498 g/mol. The molecule has 0 bridgehead atoms. The van der Waals surface area contributed by atoms with Gasteiger partial charge in [-0.15, -0.1) is 0 Å². The van der Waals surface area contributed by atoms with Gasteiger partial charge in [0.15, 0.2) is 6.19 Å². The molecule has 200 valence electrons. The van der Waals surface area contributed by atoms with E-state index in [4.69, 9.17) is 14.2 Å². The maximum Gasteiger partial charge on any atom is 0.410 e. The molecule has 11 nitrogen and oxygen atoms in total. The van der Waals surface area contributed by atoms with Gasteiger partial charge >= 0.3 is 18.3 Å². The van der Waals surface area contributed by atoms with Gasteiger partial charge in [0.2, 0.25) is 0 Å². The van der Waals surface area contributed by atoms with Crippen molar-refractivity contribution < 1.29 is 28.6 Å². The quantitative estimate of drug-likeness (QED) is 0.369. The average Bonchev–Trinajstić information content (AvgIpc) is 2.64. The van der Waals surface area contributed by atoms with Crippen molar-refractivity contribution in [2.75, 3.05) is 52.4 Å². The van der Waals surface area contributed by atoms with E-state index in [2.05, 4.69) is 6.19 Å². The van der Waals surface area contributed by atoms with Crippen LogP contribution in [-0.4, -0.2) is 107 Å². The summed E-state index contributed by atoms with van der Waals surface area (Å²) in [5.74, 6) is 0. The molecular formula is C24H43N5O6. The molecule has 1 fully saturated rings. The molecule has 1 aliphatic heterocycles. The molecule has 0 atom stereocenters. The smallest absolute Gasteiger partial charge is 0.410 e. The van der Waals surface area contributed by atoms with Gasteiger partial charge in [-0.05, 0) is 62.3 Å². The molecule has 0 aromatic carbocycles. The third kappa shape index (κ3) is 12.4. The lowest BCUT2D eigenvalue weighted by atomic mass is 10.2. The summed E-state index contributed by atoms with van der Waals surface area (Å²) in [6.07, 6.45) is 0.532. The van der Waals surface area contributed by atoms with Crippen molar-refractivity contribution in [2.24, 2.45) is 0 Å². The number of nitriles is 1. The standard InChI is InChI=1S/C24H43N5O6/c1-22(2,3)33-19(30)27-12-10-26(18-25)11-13-28(20(31)34-23(4,5)6)15-17-29(16-14-27)21(32)35-24(7,8)9/h10-17H2,1-9H3. The molecule has 0 aromatic heterocycles. The molecule has 1 rings (SSSR count). The summed E-state index contributed by atoms with van der Waals surface area (Å²) in [6.45, 7) is 17.6. The number of carbonyl (C=O) groups is 3. The Labute approximate surface area is 209 Å². The molecule has 0 spiro atoms. The van der Waals surface area contributed by atoms with Gasteiger partial charge < -0.3 is 33.8 Å². The lowest BCUT2D eigenvalue weighted by Gasteiger charge is -2.34. The maximum atomic E-state index is 12.9. The summed E-state index contributed by atoms with van der Waals surface area (Å²) in [5.41, 5.74) is -2.08. The Morgan fingerprint density at radius 2 is 0.771 bits per heavy atom. The number of hydrogen-bond acceptors (Lipinski definition) is 8. The van der Waals surface area contributed by atoms with Gasteiger partial charge in [0, 0.05) is 52.4 Å². The van der Waals surface area contributed by atoms with Crippen molar-refractivity contribution in [1.82, 2.24) is 19.6 Å². The summed E-state index contributed by atoms with van der Waals surface area (Å²) in [5, 5.41) is 9.58. The first-order chi connectivity index (χ1) is 15.9. The Bertz CT molecular complexity index is 731. The predicted octanol–water partition coefficient (Wildman–Crippen LogP) is 3.49. The molecular weight excluding hydrogens is 454 g/mol. The van der Waals surface area contributed by atoms with Gasteiger partial charge in [0.05, 0.1) is 0 Å². The van der Waals surface area contributed by atoms with Gasteiger partial charge in [-0.25, -0.2) is 14.4 Å². The molecule has 0 aliphatic carbocycles. The van der Waals surface area contributed by atoms with Crippen LogP contribution in [0.25, 0.3) is 0 Å². The monoisotopic (exact) mass is 497 g/mol. The van der Waals surface area contributed by atoms with Crippen molar-refractivity contribution in [3.63, 3.8) is 0 Å². The zero-order valence-electron chi connectivity index (χ0n) is 22.8. The molecule has 1 aliphatic rings. The first-order valence-corrected chi connectivity index (χ1v) is 12.0. The van der Waals surface area contributed by atoms with Crippen LogP contribution < -0.4 is 0 Å². The summed E-state index contributed by atoms with van der Waals surface area (Å²) in [7, 11) is 0. The number of hydrogen-bond donors (Lipinski definition) is 0. The Morgan fingerprint density at radius 3 is 0.971 bits per heavy atom. The zero-order valence-corrected chi connectivity index (χ0v) is 22.8. The van der Waals surface area contributed by atoms with E-state index >= 15 is 0 Å². The van der Waals surface area contributed by atoms with E-state index in [1.807, 2.05) is 0 Å². The van der Waals surface area contributed by atoms with Crippen LogP contribution in [0.15, 0.2) is 0 Å². The highest BCUT2D eigenvalue weighted by molar-refractivity contribution is 5.70. The van der Waals surface area contributed by atoms with Crippen molar-refractivity contribution >= 4 is 18.3 Å². The van der Waals surface area contributed by atoms with Crippen molar-refractivity contribution in [3.8, 4) is 6.19 Å². The number of nitrogens with zero attached hydrogens (tertiary/aromatic N) is 5. The Kier molecular flexibility index (Phi) is 10.5. The van der Waals surface area contributed by atoms with Crippen LogP contribution in [0.2, 0.25) is 0 Å². The van der Waals surface area contributed by atoms with Crippen LogP contribution >= 0.6 is 0 Å².